The van der Waals surface area contributed by atoms with Crippen molar-refractivity contribution >= 4 is 23.4 Å². The molecule has 0 spiro atoms. The molecule has 2 bridgehead atoms. The molecule has 0 saturated carbocycles. The summed E-state index contributed by atoms with van der Waals surface area (Å²) in [6.07, 6.45) is -0.833. The van der Waals surface area contributed by atoms with Gasteiger partial charge in [0.05, 0.1) is 42.5 Å². The molecule has 1 fully saturated rings. The number of hydrogen-bond donors (Lipinski definition) is 3. The third-order valence-corrected chi connectivity index (χ3v) is 6.00. The van der Waals surface area contributed by atoms with E-state index in [0.717, 1.165) is 12.1 Å². The summed E-state index contributed by atoms with van der Waals surface area (Å²) >= 11 is 0. The third kappa shape index (κ3) is 5.11. The number of aliphatic hydroxyl groups excluding tert-OH is 2. The summed E-state index contributed by atoms with van der Waals surface area (Å²) in [5.41, 5.74) is -0.0515. The number of nitrogens with zero attached hydrogens (tertiary/aromatic N) is 6. The molecule has 1 unspecified atom stereocenters. The van der Waals surface area contributed by atoms with E-state index in [1.807, 2.05) is 4.90 Å². The fourth-order valence-corrected chi connectivity index (χ4v) is 4.23. The summed E-state index contributed by atoms with van der Waals surface area (Å²) in [6, 6.07) is 3.93. The minimum Gasteiger partial charge on any atom is -0.474 e. The molecule has 2 aliphatic rings. The van der Waals surface area contributed by atoms with Crippen molar-refractivity contribution in [2.75, 3.05) is 41.4 Å². The first-order valence-electron chi connectivity index (χ1n) is 11.4. The van der Waals surface area contributed by atoms with Gasteiger partial charge in [-0.1, -0.05) is 12.1 Å². The lowest BCUT2D eigenvalue weighted by atomic mass is 10.1. The molecule has 11 nitrogen and oxygen atoms in total. The standard InChI is InChI=1S/C23H22F3N7O4/c24-23(25,26)14-3-1-2-13(6-14)20-28-7-17-21(31-20)33(15-4-5-32(17)10-15)22(36)30-18-8-27-9-19(29-18)37-12-16(35)11-34/h1-3,6-9,15-16,34-35H,4-5,10-12H2,(H,29,30,36)/t15-,16?/m0/s1. The van der Waals surface area contributed by atoms with Crippen LogP contribution in [-0.2, 0) is 6.18 Å². The highest BCUT2D eigenvalue weighted by Crippen LogP contribution is 2.40. The fraction of sp³-hybridized carbons (Fsp3) is 0.348. The Bertz CT molecular complexity index is 1310. The number of benzene rings is 1. The summed E-state index contributed by atoms with van der Waals surface area (Å²) in [7, 11) is 0. The van der Waals surface area contributed by atoms with Crippen molar-refractivity contribution in [1.82, 2.24) is 19.9 Å². The first kappa shape index (κ1) is 24.6. The first-order chi connectivity index (χ1) is 17.7. The lowest BCUT2D eigenvalue weighted by molar-refractivity contribution is -0.137. The van der Waals surface area contributed by atoms with Crippen LogP contribution in [-0.4, -0.2) is 74.6 Å². The average molecular weight is 517 g/mol. The van der Waals surface area contributed by atoms with Crippen LogP contribution < -0.4 is 19.9 Å². The quantitative estimate of drug-likeness (QED) is 0.450. The van der Waals surface area contributed by atoms with E-state index in [4.69, 9.17) is 9.84 Å². The number of fused-ring (bicyclic) bond motifs is 4. The van der Waals surface area contributed by atoms with Gasteiger partial charge in [-0.05, 0) is 18.6 Å². The van der Waals surface area contributed by atoms with Gasteiger partial charge in [-0.3, -0.25) is 15.2 Å². The van der Waals surface area contributed by atoms with Gasteiger partial charge in [0.15, 0.2) is 17.5 Å². The largest absolute Gasteiger partial charge is 0.474 e. The van der Waals surface area contributed by atoms with Crippen molar-refractivity contribution in [2.45, 2.75) is 24.7 Å². The van der Waals surface area contributed by atoms with Crippen molar-refractivity contribution in [3.8, 4) is 17.3 Å². The van der Waals surface area contributed by atoms with Gasteiger partial charge in [-0.25, -0.2) is 14.8 Å². The van der Waals surface area contributed by atoms with Gasteiger partial charge in [0.2, 0.25) is 5.88 Å². The second-order valence-electron chi connectivity index (χ2n) is 8.56. The molecular weight excluding hydrogens is 495 g/mol. The number of urea groups is 1. The molecule has 5 rings (SSSR count). The molecule has 1 aromatic carbocycles. The van der Waals surface area contributed by atoms with E-state index in [9.17, 15) is 23.1 Å². The van der Waals surface area contributed by atoms with Crippen LogP contribution in [0.5, 0.6) is 5.88 Å². The van der Waals surface area contributed by atoms with Crippen LogP contribution >= 0.6 is 0 Å². The summed E-state index contributed by atoms with van der Waals surface area (Å²) < 4.78 is 44.9. The van der Waals surface area contributed by atoms with Crippen LogP contribution in [0, 0.1) is 0 Å². The number of nitrogens with one attached hydrogen (secondary N) is 1. The van der Waals surface area contributed by atoms with Gasteiger partial charge in [0.1, 0.15) is 12.7 Å². The number of aromatic nitrogens is 4. The van der Waals surface area contributed by atoms with Crippen LogP contribution in [0.1, 0.15) is 12.0 Å². The van der Waals surface area contributed by atoms with E-state index in [-0.39, 0.29) is 41.6 Å². The highest BCUT2D eigenvalue weighted by molar-refractivity contribution is 6.04. The first-order valence-corrected chi connectivity index (χ1v) is 11.4. The van der Waals surface area contributed by atoms with E-state index < -0.39 is 30.5 Å². The van der Waals surface area contributed by atoms with Gasteiger partial charge in [-0.15, -0.1) is 0 Å². The Hall–Kier alpha value is -4.04. The van der Waals surface area contributed by atoms with E-state index in [1.165, 1.54) is 35.6 Å². The van der Waals surface area contributed by atoms with Crippen LogP contribution in [0.4, 0.5) is 35.3 Å². The Labute approximate surface area is 208 Å². The molecule has 37 heavy (non-hydrogen) atoms. The number of rotatable bonds is 6. The average Bonchev–Trinajstić information content (AvgIpc) is 3.31. The zero-order valence-corrected chi connectivity index (χ0v) is 19.3. The fourth-order valence-electron chi connectivity index (χ4n) is 4.23. The van der Waals surface area contributed by atoms with E-state index in [0.29, 0.717) is 25.2 Å². The summed E-state index contributed by atoms with van der Waals surface area (Å²) in [6.45, 7) is 0.529. The van der Waals surface area contributed by atoms with Gasteiger partial charge in [-0.2, -0.15) is 18.2 Å². The summed E-state index contributed by atoms with van der Waals surface area (Å²) in [5, 5.41) is 21.0. The van der Waals surface area contributed by atoms with Crippen molar-refractivity contribution in [3.63, 3.8) is 0 Å². The third-order valence-electron chi connectivity index (χ3n) is 6.00. The van der Waals surface area contributed by atoms with Crippen LogP contribution in [0.15, 0.2) is 42.9 Å². The predicted octanol–water partition coefficient (Wildman–Crippen LogP) is 2.32. The summed E-state index contributed by atoms with van der Waals surface area (Å²) in [4.78, 5) is 33.8. The van der Waals surface area contributed by atoms with Crippen molar-refractivity contribution in [2.24, 2.45) is 0 Å². The molecule has 1 saturated heterocycles. The van der Waals surface area contributed by atoms with Gasteiger partial charge in [0.25, 0.3) is 0 Å². The number of aliphatic hydroxyl groups is 2. The molecule has 0 aliphatic carbocycles. The van der Waals surface area contributed by atoms with Crippen LogP contribution in [0.2, 0.25) is 0 Å². The smallest absolute Gasteiger partial charge is 0.416 e. The molecule has 14 heteroatoms. The molecule has 3 aromatic rings. The molecule has 2 aromatic heterocycles. The monoisotopic (exact) mass is 517 g/mol. The number of halogens is 3. The second kappa shape index (κ2) is 9.78. The maximum absolute atomic E-state index is 13.4. The Balaban J connectivity index is 1.42. The number of amides is 2. The molecule has 4 heterocycles. The second-order valence-corrected chi connectivity index (χ2v) is 8.56. The molecular formula is C23H22F3N7O4. The number of hydrogen-bond acceptors (Lipinski definition) is 9. The number of carbonyl (C=O) groups excluding carboxylic acids is 1. The maximum atomic E-state index is 13.4. The Morgan fingerprint density at radius 3 is 2.86 bits per heavy atom. The zero-order valence-electron chi connectivity index (χ0n) is 19.3. The number of alkyl halides is 3. The number of ether oxygens (including phenoxy) is 1. The van der Waals surface area contributed by atoms with Crippen molar-refractivity contribution in [1.29, 1.82) is 0 Å². The molecule has 2 amide bonds. The van der Waals surface area contributed by atoms with E-state index in [1.54, 1.807) is 0 Å². The lowest BCUT2D eigenvalue weighted by Crippen LogP contribution is -2.48. The topological polar surface area (TPSA) is 137 Å². The SMILES string of the molecule is O=C(Nc1cncc(OCC(O)CO)n1)N1c2nc(-c3cccc(C(F)(F)F)c3)ncc2N2CC[C@H]1C2. The normalized spacial score (nSPS) is 17.4. The van der Waals surface area contributed by atoms with Gasteiger partial charge in [0, 0.05) is 18.7 Å². The number of carbonyl (C=O) groups is 1. The Morgan fingerprint density at radius 2 is 2.08 bits per heavy atom. The van der Waals surface area contributed by atoms with Crippen molar-refractivity contribution in [3.05, 3.63) is 48.4 Å². The van der Waals surface area contributed by atoms with Gasteiger partial charge >= 0.3 is 12.2 Å². The molecule has 0 radical (unpaired) electrons. The Morgan fingerprint density at radius 1 is 1.24 bits per heavy atom. The number of anilines is 3. The summed E-state index contributed by atoms with van der Waals surface area (Å²) in [5.74, 6) is 0.448. The molecule has 2 aliphatic heterocycles. The minimum absolute atomic E-state index is 0.0329. The lowest BCUT2D eigenvalue weighted by Gasteiger charge is -2.35. The van der Waals surface area contributed by atoms with Crippen LogP contribution in [0.25, 0.3) is 11.4 Å². The predicted molar refractivity (Wildman–Crippen MR) is 125 cm³/mol. The van der Waals surface area contributed by atoms with E-state index >= 15 is 0 Å². The zero-order chi connectivity index (χ0) is 26.2. The molecule has 194 valence electrons. The Kier molecular flexibility index (Phi) is 6.52. The van der Waals surface area contributed by atoms with Crippen molar-refractivity contribution < 1.29 is 32.9 Å². The highest BCUT2D eigenvalue weighted by Gasteiger charge is 2.41. The van der Waals surface area contributed by atoms with E-state index in [2.05, 4.69) is 25.3 Å². The van der Waals surface area contributed by atoms with Crippen LogP contribution in [0.3, 0.4) is 0 Å². The highest BCUT2D eigenvalue weighted by atomic mass is 19.4. The van der Waals surface area contributed by atoms with Gasteiger partial charge < -0.3 is 19.8 Å². The minimum atomic E-state index is -4.52. The maximum Gasteiger partial charge on any atom is 0.416 e. The molecule has 3 N–H and O–H groups in total. The molecule has 2 atom stereocenters.